The van der Waals surface area contributed by atoms with Gasteiger partial charge in [0, 0.05) is 13.6 Å². The van der Waals surface area contributed by atoms with Crippen molar-refractivity contribution in [1.29, 1.82) is 5.26 Å². The van der Waals surface area contributed by atoms with Crippen LogP contribution in [-0.2, 0) is 14.8 Å². The molecule has 0 heterocycles. The maximum absolute atomic E-state index is 12.6. The molecule has 1 unspecified atom stereocenters. The van der Waals surface area contributed by atoms with Crippen LogP contribution in [0.5, 0.6) is 17.2 Å². The van der Waals surface area contributed by atoms with Gasteiger partial charge in [-0.2, -0.15) is 9.57 Å². The Morgan fingerprint density at radius 1 is 1.16 bits per heavy atom. The van der Waals surface area contributed by atoms with E-state index < -0.39 is 28.6 Å². The quantitative estimate of drug-likeness (QED) is 0.498. The summed E-state index contributed by atoms with van der Waals surface area (Å²) in [6, 6.07) is 12.4. The highest BCUT2D eigenvalue weighted by Gasteiger charge is 2.23. The maximum atomic E-state index is 12.6. The highest BCUT2D eigenvalue weighted by atomic mass is 32.2. The Balaban J connectivity index is 1.87. The lowest BCUT2D eigenvalue weighted by Crippen LogP contribution is -2.42. The predicted molar refractivity (Wildman–Crippen MR) is 115 cm³/mol. The molecule has 0 fully saturated rings. The lowest BCUT2D eigenvalue weighted by Gasteiger charge is -2.19. The minimum absolute atomic E-state index is 0.0361. The number of hydrogen-bond acceptors (Lipinski definition) is 8. The van der Waals surface area contributed by atoms with E-state index in [1.807, 2.05) is 6.07 Å². The van der Waals surface area contributed by atoms with Crippen molar-refractivity contribution in [1.82, 2.24) is 9.62 Å². The highest BCUT2D eigenvalue weighted by molar-refractivity contribution is 7.89. The van der Waals surface area contributed by atoms with Crippen LogP contribution in [-0.4, -0.2) is 70.8 Å². The molecular formula is C21H25N3O7S. The first-order valence-corrected chi connectivity index (χ1v) is 10.9. The van der Waals surface area contributed by atoms with E-state index in [1.165, 1.54) is 45.5 Å². The van der Waals surface area contributed by atoms with Gasteiger partial charge in [0.05, 0.1) is 37.3 Å². The number of hydrogen-bond donors (Lipinski definition) is 2. The molecule has 0 radical (unpaired) electrons. The van der Waals surface area contributed by atoms with Crippen LogP contribution in [0.2, 0.25) is 0 Å². The van der Waals surface area contributed by atoms with E-state index in [0.717, 1.165) is 4.31 Å². The summed E-state index contributed by atoms with van der Waals surface area (Å²) in [4.78, 5) is 12.1. The minimum atomic E-state index is -3.91. The number of amides is 1. The van der Waals surface area contributed by atoms with Gasteiger partial charge in [-0.15, -0.1) is 0 Å². The van der Waals surface area contributed by atoms with E-state index in [2.05, 4.69) is 5.32 Å². The lowest BCUT2D eigenvalue weighted by atomic mass is 10.2. The largest absolute Gasteiger partial charge is 0.493 e. The number of aliphatic hydroxyl groups is 1. The molecule has 32 heavy (non-hydrogen) atoms. The normalized spacial score (nSPS) is 12.0. The monoisotopic (exact) mass is 463 g/mol. The second-order valence-corrected chi connectivity index (χ2v) is 8.70. The molecule has 0 bridgehead atoms. The second kappa shape index (κ2) is 11.3. The van der Waals surface area contributed by atoms with Crippen LogP contribution in [0.15, 0.2) is 47.4 Å². The van der Waals surface area contributed by atoms with Crippen LogP contribution in [0.3, 0.4) is 0 Å². The number of likely N-dealkylation sites (N-methyl/N-ethyl adjacent to an activating group) is 1. The van der Waals surface area contributed by atoms with Crippen LogP contribution in [0.1, 0.15) is 5.56 Å². The number of rotatable bonds is 11. The van der Waals surface area contributed by atoms with E-state index in [4.69, 9.17) is 19.5 Å². The standard InChI is InChI=1S/C21H25N3O7S/c1-24(32(27,28)17-9-7-15(11-22)8-10-17)13-20(26)23-12-16(25)14-31-21-18(29-2)5-4-6-19(21)30-3/h4-10,16,25H,12-14H2,1-3H3,(H,23,26). The van der Waals surface area contributed by atoms with E-state index in [9.17, 15) is 18.3 Å². The summed E-state index contributed by atoms with van der Waals surface area (Å²) in [5.74, 6) is 0.570. The Bertz CT molecular complexity index is 1040. The van der Waals surface area contributed by atoms with Gasteiger partial charge in [-0.3, -0.25) is 4.79 Å². The molecule has 0 aromatic heterocycles. The SMILES string of the molecule is COc1cccc(OC)c1OCC(O)CNC(=O)CN(C)S(=O)(=O)c1ccc(C#N)cc1. The molecule has 172 valence electrons. The Kier molecular flexibility index (Phi) is 8.83. The van der Waals surface area contributed by atoms with Gasteiger partial charge in [0.25, 0.3) is 0 Å². The molecular weight excluding hydrogens is 438 g/mol. The average Bonchev–Trinajstić information content (AvgIpc) is 2.80. The van der Waals surface area contributed by atoms with Crippen molar-refractivity contribution in [3.05, 3.63) is 48.0 Å². The summed E-state index contributed by atoms with van der Waals surface area (Å²) in [7, 11) is 0.299. The number of carbonyl (C=O) groups is 1. The van der Waals surface area contributed by atoms with Crippen LogP contribution < -0.4 is 19.5 Å². The summed E-state index contributed by atoms with van der Waals surface area (Å²) in [6.07, 6.45) is -1.06. The van der Waals surface area contributed by atoms with Gasteiger partial charge in [0.15, 0.2) is 11.5 Å². The Morgan fingerprint density at radius 3 is 2.28 bits per heavy atom. The zero-order valence-electron chi connectivity index (χ0n) is 17.9. The minimum Gasteiger partial charge on any atom is -0.493 e. The third-order valence-electron chi connectivity index (χ3n) is 4.40. The fourth-order valence-electron chi connectivity index (χ4n) is 2.65. The number of sulfonamides is 1. The Labute approximate surface area is 187 Å². The van der Waals surface area contributed by atoms with Crippen LogP contribution in [0, 0.1) is 11.3 Å². The van der Waals surface area contributed by atoms with Crippen molar-refractivity contribution >= 4 is 15.9 Å². The number of methoxy groups -OCH3 is 2. The molecule has 2 rings (SSSR count). The summed E-state index contributed by atoms with van der Waals surface area (Å²) < 4.78 is 42.0. The molecule has 2 aromatic rings. The Morgan fingerprint density at radius 2 is 1.75 bits per heavy atom. The summed E-state index contributed by atoms with van der Waals surface area (Å²) in [5.41, 5.74) is 0.325. The van der Waals surface area contributed by atoms with Gasteiger partial charge in [-0.25, -0.2) is 8.42 Å². The number of ether oxygens (including phenoxy) is 3. The van der Waals surface area contributed by atoms with E-state index >= 15 is 0 Å². The highest BCUT2D eigenvalue weighted by Crippen LogP contribution is 2.36. The molecule has 0 saturated heterocycles. The molecule has 2 aromatic carbocycles. The third-order valence-corrected chi connectivity index (χ3v) is 6.21. The fourth-order valence-corrected chi connectivity index (χ4v) is 3.78. The van der Waals surface area contributed by atoms with Gasteiger partial charge >= 0.3 is 0 Å². The predicted octanol–water partition coefficient (Wildman–Crippen LogP) is 0.752. The molecule has 0 aliphatic heterocycles. The van der Waals surface area contributed by atoms with Crippen molar-refractivity contribution in [2.45, 2.75) is 11.0 Å². The van der Waals surface area contributed by atoms with Gasteiger partial charge in [0.2, 0.25) is 21.7 Å². The summed E-state index contributed by atoms with van der Waals surface area (Å²) in [6.45, 7) is -0.756. The number of nitrogens with zero attached hydrogens (tertiary/aromatic N) is 2. The fraction of sp³-hybridized carbons (Fsp3) is 0.333. The molecule has 0 aliphatic carbocycles. The molecule has 1 amide bonds. The summed E-state index contributed by atoms with van der Waals surface area (Å²) in [5, 5.41) is 21.4. The second-order valence-electron chi connectivity index (χ2n) is 6.66. The number of carbonyl (C=O) groups excluding carboxylic acids is 1. The maximum Gasteiger partial charge on any atom is 0.243 e. The zero-order valence-corrected chi connectivity index (χ0v) is 18.8. The van der Waals surface area contributed by atoms with Gasteiger partial charge in [-0.1, -0.05) is 6.07 Å². The molecule has 10 nitrogen and oxygen atoms in total. The van der Waals surface area contributed by atoms with Crippen LogP contribution >= 0.6 is 0 Å². The van der Waals surface area contributed by atoms with Crippen molar-refractivity contribution in [2.75, 3.05) is 41.0 Å². The first-order chi connectivity index (χ1) is 15.2. The van der Waals surface area contributed by atoms with Crippen molar-refractivity contribution < 1.29 is 32.5 Å². The number of nitriles is 1. The van der Waals surface area contributed by atoms with Crippen molar-refractivity contribution in [3.63, 3.8) is 0 Å². The Hall–Kier alpha value is -3.33. The molecule has 1 atom stereocenters. The molecule has 0 spiro atoms. The first-order valence-electron chi connectivity index (χ1n) is 9.48. The number of para-hydroxylation sites is 1. The van der Waals surface area contributed by atoms with Gasteiger partial charge < -0.3 is 24.6 Å². The number of nitrogens with one attached hydrogen (secondary N) is 1. The van der Waals surface area contributed by atoms with Crippen molar-refractivity contribution in [3.8, 4) is 23.3 Å². The van der Waals surface area contributed by atoms with Crippen LogP contribution in [0.25, 0.3) is 0 Å². The molecule has 2 N–H and O–H groups in total. The topological polar surface area (TPSA) is 138 Å². The van der Waals surface area contributed by atoms with Crippen LogP contribution in [0.4, 0.5) is 0 Å². The molecule has 0 saturated carbocycles. The smallest absolute Gasteiger partial charge is 0.243 e. The zero-order chi connectivity index (χ0) is 23.7. The van der Waals surface area contributed by atoms with Crippen molar-refractivity contribution in [2.24, 2.45) is 0 Å². The molecule has 11 heteroatoms. The van der Waals surface area contributed by atoms with E-state index in [0.29, 0.717) is 22.8 Å². The lowest BCUT2D eigenvalue weighted by molar-refractivity contribution is -0.121. The van der Waals surface area contributed by atoms with Gasteiger partial charge in [0.1, 0.15) is 12.7 Å². The first kappa shape index (κ1) is 24.9. The number of benzene rings is 2. The van der Waals surface area contributed by atoms with Gasteiger partial charge in [-0.05, 0) is 36.4 Å². The molecule has 0 aliphatic rings. The average molecular weight is 464 g/mol. The van der Waals surface area contributed by atoms with E-state index in [1.54, 1.807) is 18.2 Å². The summed E-state index contributed by atoms with van der Waals surface area (Å²) >= 11 is 0. The van der Waals surface area contributed by atoms with E-state index in [-0.39, 0.29) is 18.0 Å². The third kappa shape index (κ3) is 6.34. The number of aliphatic hydroxyl groups excluding tert-OH is 1.